The zero-order valence-corrected chi connectivity index (χ0v) is 18.7. The Bertz CT molecular complexity index is 772. The Kier molecular flexibility index (Phi) is 8.84. The van der Waals surface area contributed by atoms with Crippen LogP contribution in [0.25, 0.3) is 0 Å². The third kappa shape index (κ3) is 6.12. The van der Waals surface area contributed by atoms with Crippen LogP contribution in [0.4, 0.5) is 0 Å². The number of esters is 1. The number of benzene rings is 2. The maximum absolute atomic E-state index is 11.8. The first-order chi connectivity index (χ1) is 14.6. The molecule has 0 N–H and O–H groups in total. The molecule has 3 rings (SSSR count). The number of methoxy groups -OCH3 is 1. The van der Waals surface area contributed by atoms with Crippen molar-refractivity contribution >= 4 is 21.9 Å². The summed E-state index contributed by atoms with van der Waals surface area (Å²) in [5.74, 6) is -0.402. The molecule has 0 spiro atoms. The van der Waals surface area contributed by atoms with Gasteiger partial charge in [-0.05, 0) is 11.1 Å². The SMILES string of the molecule is CO[C@H]1O[C@H](CBr)[C@@H](OC(C)=O)[C@H](OCc2ccccc2)[C@H]1OCc1ccccc1. The third-order valence-electron chi connectivity index (χ3n) is 4.85. The number of carbonyl (C=O) groups is 1. The summed E-state index contributed by atoms with van der Waals surface area (Å²) in [7, 11) is 1.56. The Morgan fingerprint density at radius 2 is 1.43 bits per heavy atom. The number of hydrogen-bond acceptors (Lipinski definition) is 6. The number of alkyl halides is 1. The molecule has 0 aromatic heterocycles. The molecule has 162 valence electrons. The maximum atomic E-state index is 11.8. The quantitative estimate of drug-likeness (QED) is 0.402. The molecule has 7 heteroatoms. The van der Waals surface area contributed by atoms with Gasteiger partial charge in [-0.1, -0.05) is 76.6 Å². The van der Waals surface area contributed by atoms with Crippen LogP contribution in [0.5, 0.6) is 0 Å². The Morgan fingerprint density at radius 3 is 1.90 bits per heavy atom. The van der Waals surface area contributed by atoms with Gasteiger partial charge in [0.2, 0.25) is 0 Å². The van der Waals surface area contributed by atoms with Gasteiger partial charge in [-0.2, -0.15) is 0 Å². The molecule has 0 bridgehead atoms. The number of rotatable bonds is 9. The van der Waals surface area contributed by atoms with Crippen molar-refractivity contribution in [3.05, 3.63) is 71.8 Å². The summed E-state index contributed by atoms with van der Waals surface area (Å²) in [4.78, 5) is 11.8. The van der Waals surface area contributed by atoms with Crippen LogP contribution in [0.2, 0.25) is 0 Å². The molecular weight excluding hydrogens is 452 g/mol. The van der Waals surface area contributed by atoms with Crippen molar-refractivity contribution in [2.24, 2.45) is 0 Å². The molecule has 1 fully saturated rings. The second-order valence-electron chi connectivity index (χ2n) is 7.03. The van der Waals surface area contributed by atoms with Crippen LogP contribution in [-0.4, -0.2) is 49.1 Å². The lowest BCUT2D eigenvalue weighted by Gasteiger charge is -2.44. The van der Waals surface area contributed by atoms with E-state index in [1.165, 1.54) is 6.92 Å². The number of halogens is 1. The van der Waals surface area contributed by atoms with E-state index in [0.29, 0.717) is 18.5 Å². The highest BCUT2D eigenvalue weighted by atomic mass is 79.9. The summed E-state index contributed by atoms with van der Waals surface area (Å²) in [6, 6.07) is 19.6. The van der Waals surface area contributed by atoms with Gasteiger partial charge >= 0.3 is 5.97 Å². The van der Waals surface area contributed by atoms with Crippen LogP contribution in [0.1, 0.15) is 18.1 Å². The normalized spacial score (nSPS) is 26.3. The van der Waals surface area contributed by atoms with Crippen LogP contribution in [-0.2, 0) is 41.7 Å². The lowest BCUT2D eigenvalue weighted by atomic mass is 9.98. The van der Waals surface area contributed by atoms with Gasteiger partial charge in [-0.3, -0.25) is 4.79 Å². The fourth-order valence-electron chi connectivity index (χ4n) is 3.43. The van der Waals surface area contributed by atoms with E-state index in [0.717, 1.165) is 11.1 Å². The van der Waals surface area contributed by atoms with E-state index in [4.69, 9.17) is 23.7 Å². The minimum Gasteiger partial charge on any atom is -0.457 e. The van der Waals surface area contributed by atoms with Crippen molar-refractivity contribution in [1.82, 2.24) is 0 Å². The Labute approximate surface area is 185 Å². The van der Waals surface area contributed by atoms with Gasteiger partial charge in [0, 0.05) is 19.4 Å². The first kappa shape index (κ1) is 22.9. The minimum atomic E-state index is -0.663. The molecule has 0 saturated carbocycles. The molecule has 0 aliphatic carbocycles. The average Bonchev–Trinajstić information content (AvgIpc) is 2.77. The van der Waals surface area contributed by atoms with E-state index >= 15 is 0 Å². The van der Waals surface area contributed by atoms with Crippen molar-refractivity contribution < 1.29 is 28.5 Å². The number of ether oxygens (including phenoxy) is 5. The van der Waals surface area contributed by atoms with Gasteiger partial charge in [0.05, 0.1) is 13.2 Å². The van der Waals surface area contributed by atoms with Gasteiger partial charge in [-0.15, -0.1) is 0 Å². The summed E-state index contributed by atoms with van der Waals surface area (Å²) in [5, 5.41) is 0.460. The van der Waals surface area contributed by atoms with E-state index < -0.39 is 36.7 Å². The molecule has 6 nitrogen and oxygen atoms in total. The molecule has 5 atom stereocenters. The highest BCUT2D eigenvalue weighted by Gasteiger charge is 2.49. The van der Waals surface area contributed by atoms with Crippen molar-refractivity contribution in [3.63, 3.8) is 0 Å². The second-order valence-corrected chi connectivity index (χ2v) is 7.68. The molecule has 1 heterocycles. The monoisotopic (exact) mass is 478 g/mol. The molecule has 1 aliphatic heterocycles. The Balaban J connectivity index is 1.83. The maximum Gasteiger partial charge on any atom is 0.303 e. The van der Waals surface area contributed by atoms with Gasteiger partial charge in [-0.25, -0.2) is 0 Å². The van der Waals surface area contributed by atoms with Crippen molar-refractivity contribution in [2.75, 3.05) is 12.4 Å². The molecule has 0 unspecified atom stereocenters. The fraction of sp³-hybridized carbons (Fsp3) is 0.435. The summed E-state index contributed by atoms with van der Waals surface area (Å²) in [5.41, 5.74) is 2.03. The van der Waals surface area contributed by atoms with Gasteiger partial charge < -0.3 is 23.7 Å². The minimum absolute atomic E-state index is 0.347. The highest BCUT2D eigenvalue weighted by molar-refractivity contribution is 9.09. The van der Waals surface area contributed by atoms with Crippen LogP contribution in [0.3, 0.4) is 0 Å². The number of hydrogen-bond donors (Lipinski definition) is 0. The topological polar surface area (TPSA) is 63.2 Å². The summed E-state index contributed by atoms with van der Waals surface area (Å²) >= 11 is 3.45. The van der Waals surface area contributed by atoms with Crippen LogP contribution < -0.4 is 0 Å². The van der Waals surface area contributed by atoms with E-state index in [-0.39, 0.29) is 0 Å². The first-order valence-electron chi connectivity index (χ1n) is 9.85. The second kappa shape index (κ2) is 11.6. The standard InChI is InChI=1S/C23H27BrO6/c1-16(25)29-20-19(13-24)30-23(26-2)22(28-15-18-11-7-4-8-12-18)21(20)27-14-17-9-5-3-6-10-17/h3-12,19-23H,13-15H2,1-2H3/t19-,20-,21+,22-,23+/m1/s1. The molecule has 0 amide bonds. The van der Waals surface area contributed by atoms with Crippen molar-refractivity contribution in [3.8, 4) is 0 Å². The zero-order chi connectivity index (χ0) is 21.3. The summed E-state index contributed by atoms with van der Waals surface area (Å²) in [6.45, 7) is 2.08. The molecule has 0 radical (unpaired) electrons. The predicted octanol–water partition coefficient (Wildman–Crippen LogP) is 3.86. The summed E-state index contributed by atoms with van der Waals surface area (Å²) in [6.07, 6.45) is -2.89. The van der Waals surface area contributed by atoms with Crippen LogP contribution >= 0.6 is 15.9 Å². The zero-order valence-electron chi connectivity index (χ0n) is 17.1. The number of carbonyl (C=O) groups excluding carboxylic acids is 1. The first-order valence-corrected chi connectivity index (χ1v) is 11.0. The predicted molar refractivity (Wildman–Crippen MR) is 115 cm³/mol. The van der Waals surface area contributed by atoms with Gasteiger partial charge in [0.1, 0.15) is 18.3 Å². The van der Waals surface area contributed by atoms with Crippen LogP contribution in [0, 0.1) is 0 Å². The van der Waals surface area contributed by atoms with Crippen molar-refractivity contribution in [2.45, 2.75) is 50.8 Å². The lowest BCUT2D eigenvalue weighted by molar-refractivity contribution is -0.307. The largest absolute Gasteiger partial charge is 0.457 e. The van der Waals surface area contributed by atoms with E-state index in [1.54, 1.807) is 7.11 Å². The summed E-state index contributed by atoms with van der Waals surface area (Å²) < 4.78 is 29.7. The third-order valence-corrected chi connectivity index (χ3v) is 5.49. The Morgan fingerprint density at radius 1 is 0.900 bits per heavy atom. The molecule has 2 aromatic rings. The lowest BCUT2D eigenvalue weighted by Crippen LogP contribution is -2.61. The van der Waals surface area contributed by atoms with Crippen LogP contribution in [0.15, 0.2) is 60.7 Å². The molecule has 1 saturated heterocycles. The molecule has 30 heavy (non-hydrogen) atoms. The van der Waals surface area contributed by atoms with E-state index in [9.17, 15) is 4.79 Å². The average molecular weight is 479 g/mol. The molecule has 1 aliphatic rings. The van der Waals surface area contributed by atoms with Crippen molar-refractivity contribution in [1.29, 1.82) is 0 Å². The fourth-order valence-corrected chi connectivity index (χ4v) is 3.95. The van der Waals surface area contributed by atoms with E-state index in [1.807, 2.05) is 60.7 Å². The molecule has 2 aromatic carbocycles. The van der Waals surface area contributed by atoms with Gasteiger partial charge in [0.15, 0.2) is 12.4 Å². The highest BCUT2D eigenvalue weighted by Crippen LogP contribution is 2.31. The van der Waals surface area contributed by atoms with Gasteiger partial charge in [0.25, 0.3) is 0 Å². The van der Waals surface area contributed by atoms with E-state index in [2.05, 4.69) is 15.9 Å². The smallest absolute Gasteiger partial charge is 0.303 e. The molecular formula is C23H27BrO6. The Hall–Kier alpha value is -1.77.